The molecule has 2 aromatic carbocycles. The molecule has 0 saturated carbocycles. The molecule has 33 heavy (non-hydrogen) atoms. The van der Waals surface area contributed by atoms with Gasteiger partial charge in [-0.1, -0.05) is 48.5 Å². The highest BCUT2D eigenvalue weighted by Gasteiger charge is 2.67. The first-order valence-corrected chi connectivity index (χ1v) is 12.0. The zero-order valence-corrected chi connectivity index (χ0v) is 20.8. The van der Waals surface area contributed by atoms with Crippen molar-refractivity contribution in [2.24, 2.45) is 0 Å². The quantitative estimate of drug-likeness (QED) is 0.354. The second kappa shape index (κ2) is 7.99. The first-order valence-electron chi connectivity index (χ1n) is 10.9. The number of esters is 1. The normalized spacial score (nSPS) is 26.3. The highest BCUT2D eigenvalue weighted by Crippen LogP contribution is 2.59. The van der Waals surface area contributed by atoms with Crippen molar-refractivity contribution in [2.45, 2.75) is 49.8 Å². The molecule has 4 atom stereocenters. The molecule has 0 unspecified atom stereocenters. The molecule has 2 aliphatic heterocycles. The van der Waals surface area contributed by atoms with Crippen molar-refractivity contribution in [3.8, 4) is 0 Å². The average molecular weight is 556 g/mol. The summed E-state index contributed by atoms with van der Waals surface area (Å²) in [7, 11) is 0. The van der Waals surface area contributed by atoms with Crippen LogP contribution >= 0.6 is 22.6 Å². The van der Waals surface area contributed by atoms with Crippen molar-refractivity contribution in [1.82, 2.24) is 5.32 Å². The van der Waals surface area contributed by atoms with E-state index in [9.17, 15) is 9.59 Å². The van der Waals surface area contributed by atoms with Gasteiger partial charge in [0.1, 0.15) is 22.8 Å². The standard InChI is InChI=1S/C26H25IN2O4/c1-25(2,3)33-23(30)21-20(18-13-14-19(27)32-18)26(22(29-21)15-9-5-4-6-10-15)16-11-7-8-12-17(16)28-24(26)31/h4-14,20-22,29H,1-3H3,(H,28,31)/t20-,21+,22-,26-/m1/s1. The van der Waals surface area contributed by atoms with Gasteiger partial charge in [0.05, 0.1) is 12.0 Å². The molecule has 2 N–H and O–H groups in total. The Kier molecular flexibility index (Phi) is 5.36. The number of furan rings is 1. The van der Waals surface area contributed by atoms with E-state index in [0.717, 1.165) is 16.8 Å². The number of hydrogen-bond acceptors (Lipinski definition) is 5. The van der Waals surface area contributed by atoms with Gasteiger partial charge >= 0.3 is 5.97 Å². The molecule has 1 saturated heterocycles. The number of ether oxygens (including phenoxy) is 1. The largest absolute Gasteiger partial charge is 0.459 e. The van der Waals surface area contributed by atoms with Crippen LogP contribution in [0.25, 0.3) is 0 Å². The number of rotatable bonds is 3. The maximum Gasteiger partial charge on any atom is 0.324 e. The molecule has 1 fully saturated rings. The van der Waals surface area contributed by atoms with E-state index in [1.54, 1.807) is 0 Å². The lowest BCUT2D eigenvalue weighted by molar-refractivity contribution is -0.157. The number of para-hydroxylation sites is 1. The summed E-state index contributed by atoms with van der Waals surface area (Å²) in [6, 6.07) is 19.9. The fourth-order valence-electron chi connectivity index (χ4n) is 5.20. The number of carbonyl (C=O) groups is 2. The Morgan fingerprint density at radius 1 is 1.03 bits per heavy atom. The number of fused-ring (bicyclic) bond motifs is 2. The molecular weight excluding hydrogens is 531 g/mol. The lowest BCUT2D eigenvalue weighted by Crippen LogP contribution is -2.44. The molecule has 1 aromatic heterocycles. The third-order valence-electron chi connectivity index (χ3n) is 6.32. The summed E-state index contributed by atoms with van der Waals surface area (Å²) < 4.78 is 12.6. The number of carbonyl (C=O) groups excluding carboxylic acids is 2. The zero-order valence-electron chi connectivity index (χ0n) is 18.6. The number of hydrogen-bond donors (Lipinski definition) is 2. The van der Waals surface area contributed by atoms with Crippen LogP contribution < -0.4 is 10.6 Å². The molecule has 1 spiro atoms. The second-order valence-electron chi connectivity index (χ2n) is 9.51. The maximum atomic E-state index is 13.9. The Balaban J connectivity index is 1.77. The van der Waals surface area contributed by atoms with Gasteiger partial charge in [-0.3, -0.25) is 14.9 Å². The third-order valence-corrected chi connectivity index (χ3v) is 6.90. The minimum Gasteiger partial charge on any atom is -0.459 e. The Labute approximate surface area is 206 Å². The number of anilines is 1. The van der Waals surface area contributed by atoms with E-state index in [2.05, 4.69) is 33.2 Å². The van der Waals surface area contributed by atoms with Crippen molar-refractivity contribution < 1.29 is 18.7 Å². The molecule has 0 aliphatic carbocycles. The number of nitrogens with one attached hydrogen (secondary N) is 2. The van der Waals surface area contributed by atoms with Crippen LogP contribution in [-0.4, -0.2) is 23.5 Å². The molecule has 3 aromatic rings. The number of benzene rings is 2. The monoisotopic (exact) mass is 556 g/mol. The Hall–Kier alpha value is -2.65. The summed E-state index contributed by atoms with van der Waals surface area (Å²) in [4.78, 5) is 27.5. The molecular formula is C26H25IN2O4. The Bertz CT molecular complexity index is 1220. The summed E-state index contributed by atoms with van der Waals surface area (Å²) in [5.41, 5.74) is 0.747. The molecule has 5 rings (SSSR count). The highest BCUT2D eigenvalue weighted by molar-refractivity contribution is 14.1. The van der Waals surface area contributed by atoms with Crippen molar-refractivity contribution in [3.05, 3.63) is 87.4 Å². The Morgan fingerprint density at radius 3 is 2.39 bits per heavy atom. The van der Waals surface area contributed by atoms with Crippen LogP contribution in [0.1, 0.15) is 49.6 Å². The van der Waals surface area contributed by atoms with Gasteiger partial charge in [0.15, 0.2) is 3.77 Å². The average Bonchev–Trinajstić information content (AvgIpc) is 3.43. The SMILES string of the molecule is CC(C)(C)OC(=O)[C@H]1N[C@H](c2ccccc2)[C@]2(C(=O)Nc3ccccc32)[C@@H]1c1ccc(I)o1. The zero-order chi connectivity index (χ0) is 23.4. The summed E-state index contributed by atoms with van der Waals surface area (Å²) >= 11 is 2.10. The minimum atomic E-state index is -1.10. The molecule has 3 heterocycles. The molecule has 2 aliphatic rings. The topological polar surface area (TPSA) is 80.6 Å². The van der Waals surface area contributed by atoms with Gasteiger partial charge in [0.25, 0.3) is 0 Å². The van der Waals surface area contributed by atoms with Gasteiger partial charge in [-0.2, -0.15) is 0 Å². The van der Waals surface area contributed by atoms with Crippen molar-refractivity contribution in [3.63, 3.8) is 0 Å². The molecule has 170 valence electrons. The van der Waals surface area contributed by atoms with E-state index in [4.69, 9.17) is 9.15 Å². The first kappa shape index (κ1) is 22.2. The van der Waals surface area contributed by atoms with Crippen LogP contribution in [0.5, 0.6) is 0 Å². The molecule has 0 radical (unpaired) electrons. The van der Waals surface area contributed by atoms with E-state index in [1.165, 1.54) is 0 Å². The van der Waals surface area contributed by atoms with Gasteiger partial charge in [-0.05, 0) is 72.7 Å². The van der Waals surface area contributed by atoms with Crippen LogP contribution in [0, 0.1) is 3.77 Å². The molecule has 6 nitrogen and oxygen atoms in total. The fourth-order valence-corrected chi connectivity index (χ4v) is 5.64. The number of amides is 1. The summed E-state index contributed by atoms with van der Waals surface area (Å²) in [6.45, 7) is 5.52. The van der Waals surface area contributed by atoms with E-state index in [-0.39, 0.29) is 5.91 Å². The molecule has 0 bridgehead atoms. The lowest BCUT2D eigenvalue weighted by atomic mass is 9.65. The van der Waals surface area contributed by atoms with Gasteiger partial charge in [0, 0.05) is 5.69 Å². The van der Waals surface area contributed by atoms with Crippen LogP contribution in [0.2, 0.25) is 0 Å². The third kappa shape index (κ3) is 3.58. The predicted octanol–water partition coefficient (Wildman–Crippen LogP) is 4.91. The molecule has 1 amide bonds. The van der Waals surface area contributed by atoms with Crippen LogP contribution in [-0.2, 0) is 19.7 Å². The first-order chi connectivity index (χ1) is 15.7. The van der Waals surface area contributed by atoms with Gasteiger partial charge in [0.2, 0.25) is 5.91 Å². The van der Waals surface area contributed by atoms with Crippen molar-refractivity contribution >= 4 is 40.2 Å². The summed E-state index contributed by atoms with van der Waals surface area (Å²) in [5, 5.41) is 6.56. The number of halogens is 1. The Morgan fingerprint density at radius 2 is 1.73 bits per heavy atom. The smallest absolute Gasteiger partial charge is 0.324 e. The van der Waals surface area contributed by atoms with E-state index < -0.39 is 35.0 Å². The van der Waals surface area contributed by atoms with E-state index >= 15 is 0 Å². The van der Waals surface area contributed by atoms with Crippen LogP contribution in [0.3, 0.4) is 0 Å². The van der Waals surface area contributed by atoms with Gasteiger partial charge in [-0.25, -0.2) is 0 Å². The van der Waals surface area contributed by atoms with E-state index in [1.807, 2.05) is 87.5 Å². The maximum absolute atomic E-state index is 13.9. The summed E-state index contributed by atoms with van der Waals surface area (Å²) in [6.07, 6.45) is 0. The fraction of sp³-hybridized carbons (Fsp3) is 0.308. The molecule has 7 heteroatoms. The van der Waals surface area contributed by atoms with E-state index in [0.29, 0.717) is 9.53 Å². The minimum absolute atomic E-state index is 0.160. The van der Waals surface area contributed by atoms with Crippen LogP contribution in [0.15, 0.2) is 71.1 Å². The summed E-state index contributed by atoms with van der Waals surface area (Å²) in [5.74, 6) is -0.598. The lowest BCUT2D eigenvalue weighted by Gasteiger charge is -2.34. The van der Waals surface area contributed by atoms with Gasteiger partial charge in [-0.15, -0.1) is 0 Å². The van der Waals surface area contributed by atoms with Crippen LogP contribution in [0.4, 0.5) is 5.69 Å². The second-order valence-corrected chi connectivity index (χ2v) is 10.6. The van der Waals surface area contributed by atoms with Crippen molar-refractivity contribution in [2.75, 3.05) is 5.32 Å². The predicted molar refractivity (Wildman–Crippen MR) is 133 cm³/mol. The van der Waals surface area contributed by atoms with Crippen molar-refractivity contribution in [1.29, 1.82) is 0 Å². The highest BCUT2D eigenvalue weighted by atomic mass is 127. The van der Waals surface area contributed by atoms with Gasteiger partial charge < -0.3 is 14.5 Å².